The predicted molar refractivity (Wildman–Crippen MR) is 108 cm³/mol. The number of esters is 1. The van der Waals surface area contributed by atoms with Gasteiger partial charge in [0.25, 0.3) is 5.91 Å². The van der Waals surface area contributed by atoms with Gasteiger partial charge in [-0.15, -0.1) is 11.8 Å². The monoisotopic (exact) mass is 383 g/mol. The standard InChI is InChI=1S/C22H25NO3S/c1-2-26-22(25)18-12-14-23(15-13-18)21(24)19-10-6-7-11-20(19)27-16-17-8-4-3-5-9-17/h3-11,18H,2,12-16H2,1H3. The van der Waals surface area contributed by atoms with E-state index in [-0.39, 0.29) is 17.8 Å². The van der Waals surface area contributed by atoms with Crippen molar-refractivity contribution in [1.29, 1.82) is 0 Å². The molecule has 4 nitrogen and oxygen atoms in total. The molecule has 1 heterocycles. The molecule has 1 aliphatic rings. The van der Waals surface area contributed by atoms with Crippen LogP contribution in [0, 0.1) is 5.92 Å². The normalized spacial score (nSPS) is 14.8. The summed E-state index contributed by atoms with van der Waals surface area (Å²) in [6, 6.07) is 18.0. The number of nitrogens with zero attached hydrogens (tertiary/aromatic N) is 1. The van der Waals surface area contributed by atoms with Crippen LogP contribution in [0.5, 0.6) is 0 Å². The number of thioether (sulfide) groups is 1. The lowest BCUT2D eigenvalue weighted by molar-refractivity contribution is -0.149. The zero-order valence-corrected chi connectivity index (χ0v) is 16.4. The average Bonchev–Trinajstić information content (AvgIpc) is 2.73. The molecule has 0 aliphatic carbocycles. The maximum Gasteiger partial charge on any atom is 0.309 e. The van der Waals surface area contributed by atoms with E-state index < -0.39 is 0 Å². The van der Waals surface area contributed by atoms with Crippen LogP contribution >= 0.6 is 11.8 Å². The summed E-state index contributed by atoms with van der Waals surface area (Å²) < 4.78 is 5.11. The Hall–Kier alpha value is -2.27. The summed E-state index contributed by atoms with van der Waals surface area (Å²) in [6.07, 6.45) is 1.34. The van der Waals surface area contributed by atoms with Crippen LogP contribution in [0.3, 0.4) is 0 Å². The van der Waals surface area contributed by atoms with Gasteiger partial charge in [-0.2, -0.15) is 0 Å². The number of ether oxygens (including phenoxy) is 1. The van der Waals surface area contributed by atoms with Gasteiger partial charge in [0.1, 0.15) is 0 Å². The number of amides is 1. The Labute approximate surface area is 164 Å². The molecule has 0 spiro atoms. The topological polar surface area (TPSA) is 46.6 Å². The van der Waals surface area contributed by atoms with E-state index in [0.717, 1.165) is 16.2 Å². The Morgan fingerprint density at radius 2 is 1.70 bits per heavy atom. The quantitative estimate of drug-likeness (QED) is 0.548. The molecule has 1 amide bonds. The third-order valence-corrected chi connectivity index (χ3v) is 5.90. The van der Waals surface area contributed by atoms with Crippen LogP contribution in [0.2, 0.25) is 0 Å². The largest absolute Gasteiger partial charge is 0.466 e. The van der Waals surface area contributed by atoms with Gasteiger partial charge in [0, 0.05) is 23.7 Å². The first-order chi connectivity index (χ1) is 13.2. The predicted octanol–water partition coefficient (Wildman–Crippen LogP) is 4.39. The Kier molecular flexibility index (Phi) is 6.93. The van der Waals surface area contributed by atoms with Gasteiger partial charge in [0.15, 0.2) is 0 Å². The number of carbonyl (C=O) groups is 2. The Morgan fingerprint density at radius 3 is 2.41 bits per heavy atom. The second kappa shape index (κ2) is 9.60. The van der Waals surface area contributed by atoms with Crippen molar-refractivity contribution >= 4 is 23.6 Å². The maximum absolute atomic E-state index is 13.0. The molecule has 2 aromatic carbocycles. The van der Waals surface area contributed by atoms with Crippen molar-refractivity contribution in [1.82, 2.24) is 4.90 Å². The molecule has 27 heavy (non-hydrogen) atoms. The molecule has 1 fully saturated rings. The molecule has 0 saturated carbocycles. The van der Waals surface area contributed by atoms with Crippen molar-refractivity contribution in [2.24, 2.45) is 5.92 Å². The average molecular weight is 384 g/mol. The molecule has 0 unspecified atom stereocenters. The number of likely N-dealkylation sites (tertiary alicyclic amines) is 1. The van der Waals surface area contributed by atoms with Gasteiger partial charge >= 0.3 is 5.97 Å². The van der Waals surface area contributed by atoms with Crippen LogP contribution < -0.4 is 0 Å². The number of hydrogen-bond donors (Lipinski definition) is 0. The summed E-state index contributed by atoms with van der Waals surface area (Å²) in [6.45, 7) is 3.42. The number of rotatable bonds is 6. The van der Waals surface area contributed by atoms with E-state index in [1.165, 1.54) is 5.56 Å². The highest BCUT2D eigenvalue weighted by atomic mass is 32.2. The third-order valence-electron chi connectivity index (χ3n) is 4.76. The van der Waals surface area contributed by atoms with Crippen LogP contribution in [0.25, 0.3) is 0 Å². The molecule has 1 aliphatic heterocycles. The first-order valence-electron chi connectivity index (χ1n) is 9.40. The number of carbonyl (C=O) groups excluding carboxylic acids is 2. The van der Waals surface area contributed by atoms with E-state index >= 15 is 0 Å². The minimum absolute atomic E-state index is 0.0495. The number of hydrogen-bond acceptors (Lipinski definition) is 4. The summed E-state index contributed by atoms with van der Waals surface area (Å²) >= 11 is 1.68. The van der Waals surface area contributed by atoms with Crippen molar-refractivity contribution in [2.75, 3.05) is 19.7 Å². The SMILES string of the molecule is CCOC(=O)C1CCN(C(=O)c2ccccc2SCc2ccccc2)CC1. The molecule has 0 aromatic heterocycles. The van der Waals surface area contributed by atoms with Gasteiger partial charge in [0.05, 0.1) is 18.1 Å². The molecular weight excluding hydrogens is 358 g/mol. The molecule has 0 N–H and O–H groups in total. The Balaban J connectivity index is 1.63. The lowest BCUT2D eigenvalue weighted by Gasteiger charge is -2.31. The van der Waals surface area contributed by atoms with Gasteiger partial charge in [-0.3, -0.25) is 9.59 Å². The van der Waals surface area contributed by atoms with Crippen molar-refractivity contribution in [3.8, 4) is 0 Å². The Morgan fingerprint density at radius 1 is 1.04 bits per heavy atom. The van der Waals surface area contributed by atoms with Crippen LogP contribution in [0.15, 0.2) is 59.5 Å². The first kappa shape index (κ1) is 19.5. The summed E-state index contributed by atoms with van der Waals surface area (Å²) in [5.41, 5.74) is 1.98. The van der Waals surface area contributed by atoms with Gasteiger partial charge in [0.2, 0.25) is 0 Å². The van der Waals surface area contributed by atoms with Crippen molar-refractivity contribution in [2.45, 2.75) is 30.4 Å². The lowest BCUT2D eigenvalue weighted by Crippen LogP contribution is -2.40. The molecule has 142 valence electrons. The fourth-order valence-corrected chi connectivity index (χ4v) is 4.25. The van der Waals surface area contributed by atoms with Crippen LogP contribution in [-0.4, -0.2) is 36.5 Å². The van der Waals surface area contributed by atoms with Gasteiger partial charge in [-0.25, -0.2) is 0 Å². The number of piperidine rings is 1. The van der Waals surface area contributed by atoms with Gasteiger partial charge in [-0.05, 0) is 37.5 Å². The second-order valence-electron chi connectivity index (χ2n) is 6.59. The van der Waals surface area contributed by atoms with E-state index in [9.17, 15) is 9.59 Å². The summed E-state index contributed by atoms with van der Waals surface area (Å²) in [5.74, 6) is 0.657. The van der Waals surface area contributed by atoms with Crippen molar-refractivity contribution in [3.05, 3.63) is 65.7 Å². The van der Waals surface area contributed by atoms with Gasteiger partial charge < -0.3 is 9.64 Å². The fraction of sp³-hybridized carbons (Fsp3) is 0.364. The molecule has 3 rings (SSSR count). The molecule has 0 bridgehead atoms. The molecule has 5 heteroatoms. The van der Waals surface area contributed by atoms with Crippen LogP contribution in [0.4, 0.5) is 0 Å². The molecule has 2 aromatic rings. The highest BCUT2D eigenvalue weighted by Crippen LogP contribution is 2.28. The maximum atomic E-state index is 13.0. The zero-order chi connectivity index (χ0) is 19.1. The van der Waals surface area contributed by atoms with E-state index in [1.807, 2.05) is 54.3 Å². The molecule has 0 radical (unpaired) electrons. The molecular formula is C22H25NO3S. The minimum Gasteiger partial charge on any atom is -0.466 e. The highest BCUT2D eigenvalue weighted by Gasteiger charge is 2.29. The fourth-order valence-electron chi connectivity index (χ4n) is 3.25. The van der Waals surface area contributed by atoms with Gasteiger partial charge in [-0.1, -0.05) is 42.5 Å². The molecule has 0 atom stereocenters. The molecule has 1 saturated heterocycles. The number of benzene rings is 2. The van der Waals surface area contributed by atoms with E-state index in [4.69, 9.17) is 4.74 Å². The second-order valence-corrected chi connectivity index (χ2v) is 7.61. The summed E-state index contributed by atoms with van der Waals surface area (Å²) in [5, 5.41) is 0. The highest BCUT2D eigenvalue weighted by molar-refractivity contribution is 7.98. The minimum atomic E-state index is -0.136. The third kappa shape index (κ3) is 5.13. The van der Waals surface area contributed by atoms with E-state index in [1.54, 1.807) is 11.8 Å². The Bertz CT molecular complexity index is 770. The van der Waals surface area contributed by atoms with Crippen molar-refractivity contribution in [3.63, 3.8) is 0 Å². The van der Waals surface area contributed by atoms with Crippen LogP contribution in [-0.2, 0) is 15.3 Å². The summed E-state index contributed by atoms with van der Waals surface area (Å²) in [7, 11) is 0. The lowest BCUT2D eigenvalue weighted by atomic mass is 9.96. The smallest absolute Gasteiger partial charge is 0.309 e. The van der Waals surface area contributed by atoms with E-state index in [0.29, 0.717) is 32.5 Å². The van der Waals surface area contributed by atoms with Crippen LogP contribution in [0.1, 0.15) is 35.7 Å². The van der Waals surface area contributed by atoms with Crippen molar-refractivity contribution < 1.29 is 14.3 Å². The first-order valence-corrected chi connectivity index (χ1v) is 10.4. The van der Waals surface area contributed by atoms with E-state index in [2.05, 4.69) is 12.1 Å². The zero-order valence-electron chi connectivity index (χ0n) is 15.6. The summed E-state index contributed by atoms with van der Waals surface area (Å²) in [4.78, 5) is 27.8.